The van der Waals surface area contributed by atoms with Crippen LogP contribution in [0.4, 0.5) is 0 Å². The van der Waals surface area contributed by atoms with Crippen molar-refractivity contribution in [2.24, 2.45) is 11.3 Å². The maximum atomic E-state index is 11.9. The average molecular weight is 326 g/mol. The lowest BCUT2D eigenvalue weighted by molar-refractivity contribution is -0.136. The maximum Gasteiger partial charge on any atom is 0.334 e. The highest BCUT2D eigenvalue weighted by Crippen LogP contribution is 2.50. The van der Waals surface area contributed by atoms with Crippen LogP contribution < -0.4 is 0 Å². The maximum absolute atomic E-state index is 11.9. The molecule has 24 heavy (non-hydrogen) atoms. The topological polar surface area (TPSA) is 39.4 Å². The Morgan fingerprint density at radius 1 is 1.46 bits per heavy atom. The van der Waals surface area contributed by atoms with E-state index in [1.54, 1.807) is 6.26 Å². The molecule has 2 aliphatic carbocycles. The molecular formula is C21H26O3. The predicted octanol–water partition coefficient (Wildman–Crippen LogP) is 5.00. The Labute approximate surface area is 144 Å². The normalized spacial score (nSPS) is 26.6. The average Bonchev–Trinajstić information content (AvgIpc) is 3.01. The first kappa shape index (κ1) is 16.8. The zero-order chi connectivity index (χ0) is 17.2. The van der Waals surface area contributed by atoms with Crippen LogP contribution in [0, 0.1) is 11.3 Å². The molecule has 0 saturated heterocycles. The Bertz CT molecular complexity index is 691. The highest BCUT2D eigenvalue weighted by molar-refractivity contribution is 5.89. The van der Waals surface area contributed by atoms with Gasteiger partial charge in [0.1, 0.15) is 0 Å². The highest BCUT2D eigenvalue weighted by atomic mass is 16.5. The summed E-state index contributed by atoms with van der Waals surface area (Å²) in [4.78, 5) is 11.9. The SMILES string of the molecule is COC(=O)C1=CC=CC2=C(CC[C@@H](C)[C@]2(C)CCc2ccoc2)C1. The number of furan rings is 1. The fourth-order valence-electron chi connectivity index (χ4n) is 4.05. The molecule has 0 amide bonds. The molecule has 0 spiro atoms. The van der Waals surface area contributed by atoms with Gasteiger partial charge in [-0.2, -0.15) is 0 Å². The summed E-state index contributed by atoms with van der Waals surface area (Å²) in [7, 11) is 1.45. The molecule has 1 heterocycles. The van der Waals surface area contributed by atoms with Crippen molar-refractivity contribution < 1.29 is 13.9 Å². The number of hydrogen-bond acceptors (Lipinski definition) is 3. The third kappa shape index (κ3) is 3.12. The lowest BCUT2D eigenvalue weighted by Gasteiger charge is -2.42. The van der Waals surface area contributed by atoms with Crippen molar-refractivity contribution in [1.29, 1.82) is 0 Å². The zero-order valence-corrected chi connectivity index (χ0v) is 14.8. The van der Waals surface area contributed by atoms with E-state index in [0.29, 0.717) is 12.3 Å². The number of allylic oxidation sites excluding steroid dienone is 5. The van der Waals surface area contributed by atoms with E-state index in [4.69, 9.17) is 9.15 Å². The molecule has 0 bridgehead atoms. The summed E-state index contributed by atoms with van der Waals surface area (Å²) in [5.74, 6) is 0.402. The summed E-state index contributed by atoms with van der Waals surface area (Å²) in [6.07, 6.45) is 14.8. The van der Waals surface area contributed by atoms with Gasteiger partial charge in [-0.3, -0.25) is 0 Å². The smallest absolute Gasteiger partial charge is 0.334 e. The molecule has 1 aromatic heterocycles. The largest absolute Gasteiger partial charge is 0.472 e. The van der Waals surface area contributed by atoms with Gasteiger partial charge in [0.05, 0.1) is 19.6 Å². The molecule has 2 aliphatic rings. The second kappa shape index (κ2) is 6.84. The van der Waals surface area contributed by atoms with Crippen LogP contribution in [0.15, 0.2) is 58.0 Å². The van der Waals surface area contributed by atoms with E-state index in [1.165, 1.54) is 30.2 Å². The highest BCUT2D eigenvalue weighted by Gasteiger charge is 2.39. The van der Waals surface area contributed by atoms with Crippen LogP contribution in [-0.4, -0.2) is 13.1 Å². The number of methoxy groups -OCH3 is 1. The fourth-order valence-corrected chi connectivity index (χ4v) is 4.05. The molecule has 2 atom stereocenters. The number of ether oxygens (including phenoxy) is 1. The van der Waals surface area contributed by atoms with E-state index >= 15 is 0 Å². The molecular weight excluding hydrogens is 300 g/mol. The summed E-state index contributed by atoms with van der Waals surface area (Å²) < 4.78 is 10.1. The summed E-state index contributed by atoms with van der Waals surface area (Å²) in [5.41, 5.74) is 4.95. The second-order valence-corrected chi connectivity index (χ2v) is 7.23. The Balaban J connectivity index is 1.87. The van der Waals surface area contributed by atoms with Crippen LogP contribution in [0.1, 0.15) is 45.1 Å². The number of esters is 1. The lowest BCUT2D eigenvalue weighted by Crippen LogP contribution is -2.32. The van der Waals surface area contributed by atoms with Crippen LogP contribution in [0.2, 0.25) is 0 Å². The summed E-state index contributed by atoms with van der Waals surface area (Å²) in [6, 6.07) is 2.05. The molecule has 0 fully saturated rings. The predicted molar refractivity (Wildman–Crippen MR) is 94.4 cm³/mol. The molecule has 0 radical (unpaired) electrons. The standard InChI is InChI=1S/C21H26O3/c1-15-7-8-17-13-18(20(22)23-3)5-4-6-19(17)21(15,2)11-9-16-10-12-24-14-16/h4-6,10,12,14-15H,7-9,11,13H2,1-3H3/t15-,21+/m1/s1. The van der Waals surface area contributed by atoms with Crippen molar-refractivity contribution in [2.45, 2.75) is 46.0 Å². The summed E-state index contributed by atoms with van der Waals surface area (Å²) in [6.45, 7) is 4.73. The lowest BCUT2D eigenvalue weighted by atomic mass is 9.62. The van der Waals surface area contributed by atoms with Gasteiger partial charge in [0.15, 0.2) is 0 Å². The van der Waals surface area contributed by atoms with Gasteiger partial charge in [0.2, 0.25) is 0 Å². The Kier molecular flexibility index (Phi) is 4.79. The van der Waals surface area contributed by atoms with Gasteiger partial charge in [-0.1, -0.05) is 37.6 Å². The first-order valence-corrected chi connectivity index (χ1v) is 8.73. The number of carbonyl (C=O) groups excluding carboxylic acids is 1. The number of carbonyl (C=O) groups is 1. The number of rotatable bonds is 4. The zero-order valence-electron chi connectivity index (χ0n) is 14.8. The minimum atomic E-state index is -0.216. The van der Waals surface area contributed by atoms with Crippen LogP contribution in [0.5, 0.6) is 0 Å². The molecule has 1 aromatic rings. The molecule has 0 saturated carbocycles. The first-order chi connectivity index (χ1) is 11.5. The van der Waals surface area contributed by atoms with E-state index in [-0.39, 0.29) is 11.4 Å². The van der Waals surface area contributed by atoms with Gasteiger partial charge >= 0.3 is 5.97 Å². The van der Waals surface area contributed by atoms with Crippen molar-refractivity contribution in [1.82, 2.24) is 0 Å². The molecule has 0 unspecified atom stereocenters. The van der Waals surface area contributed by atoms with Crippen LogP contribution >= 0.6 is 0 Å². The van der Waals surface area contributed by atoms with Crippen LogP contribution in [-0.2, 0) is 16.0 Å². The van der Waals surface area contributed by atoms with Gasteiger partial charge in [0, 0.05) is 12.0 Å². The molecule has 3 nitrogen and oxygen atoms in total. The van der Waals surface area contributed by atoms with E-state index < -0.39 is 0 Å². The Hall–Kier alpha value is -2.03. The molecule has 0 N–H and O–H groups in total. The summed E-state index contributed by atoms with van der Waals surface area (Å²) in [5, 5.41) is 0. The Morgan fingerprint density at radius 3 is 3.00 bits per heavy atom. The Morgan fingerprint density at radius 2 is 2.29 bits per heavy atom. The van der Waals surface area contributed by atoms with Crippen molar-refractivity contribution >= 4 is 5.97 Å². The molecule has 0 aromatic carbocycles. The quantitative estimate of drug-likeness (QED) is 0.731. The van der Waals surface area contributed by atoms with Crippen molar-refractivity contribution in [2.75, 3.05) is 7.11 Å². The molecule has 3 heteroatoms. The molecule has 3 rings (SSSR count). The van der Waals surface area contributed by atoms with E-state index in [0.717, 1.165) is 24.8 Å². The van der Waals surface area contributed by atoms with E-state index in [9.17, 15) is 4.79 Å². The van der Waals surface area contributed by atoms with E-state index in [1.807, 2.05) is 24.5 Å². The third-order valence-corrected chi connectivity index (χ3v) is 5.89. The fraction of sp³-hybridized carbons (Fsp3) is 0.476. The van der Waals surface area contributed by atoms with Crippen molar-refractivity contribution in [3.05, 3.63) is 59.1 Å². The van der Waals surface area contributed by atoms with Crippen LogP contribution in [0.3, 0.4) is 0 Å². The van der Waals surface area contributed by atoms with Crippen LogP contribution in [0.25, 0.3) is 0 Å². The first-order valence-electron chi connectivity index (χ1n) is 8.73. The van der Waals surface area contributed by atoms with E-state index in [2.05, 4.69) is 19.9 Å². The van der Waals surface area contributed by atoms with Crippen molar-refractivity contribution in [3.63, 3.8) is 0 Å². The van der Waals surface area contributed by atoms with Gasteiger partial charge < -0.3 is 9.15 Å². The van der Waals surface area contributed by atoms with Gasteiger partial charge in [-0.25, -0.2) is 4.79 Å². The van der Waals surface area contributed by atoms with Crippen molar-refractivity contribution in [3.8, 4) is 0 Å². The van der Waals surface area contributed by atoms with Gasteiger partial charge in [0.25, 0.3) is 0 Å². The van der Waals surface area contributed by atoms with Gasteiger partial charge in [-0.15, -0.1) is 0 Å². The minimum absolute atomic E-state index is 0.126. The molecule has 128 valence electrons. The monoisotopic (exact) mass is 326 g/mol. The van der Waals surface area contributed by atoms with Gasteiger partial charge in [-0.05, 0) is 54.2 Å². The molecule has 0 aliphatic heterocycles. The number of hydrogen-bond donors (Lipinski definition) is 0. The second-order valence-electron chi connectivity index (χ2n) is 7.23. The number of aryl methyl sites for hydroxylation is 1. The summed E-state index contributed by atoms with van der Waals surface area (Å²) >= 11 is 0. The minimum Gasteiger partial charge on any atom is -0.472 e. The third-order valence-electron chi connectivity index (χ3n) is 5.89.